The summed E-state index contributed by atoms with van der Waals surface area (Å²) in [6.07, 6.45) is 1.33. The summed E-state index contributed by atoms with van der Waals surface area (Å²) in [6.45, 7) is 6.80. The van der Waals surface area contributed by atoms with E-state index in [-0.39, 0.29) is 0 Å². The SMILES string of the molecule is CCOc1cc(C(=O)Nc2ccc(C(=O)OC)cn2)cc(OCC)c1OCC. The monoisotopic (exact) mass is 388 g/mol. The van der Waals surface area contributed by atoms with Crippen LogP contribution < -0.4 is 19.5 Å². The van der Waals surface area contributed by atoms with Gasteiger partial charge in [0.25, 0.3) is 5.91 Å². The van der Waals surface area contributed by atoms with Crippen molar-refractivity contribution in [2.45, 2.75) is 20.8 Å². The topological polar surface area (TPSA) is 96.0 Å². The van der Waals surface area contributed by atoms with E-state index in [9.17, 15) is 9.59 Å². The molecule has 1 aromatic carbocycles. The third-order valence-electron chi connectivity index (χ3n) is 3.60. The lowest BCUT2D eigenvalue weighted by Crippen LogP contribution is -2.14. The molecule has 0 atom stereocenters. The maximum Gasteiger partial charge on any atom is 0.339 e. The van der Waals surface area contributed by atoms with E-state index in [1.165, 1.54) is 25.4 Å². The molecule has 1 aromatic heterocycles. The van der Waals surface area contributed by atoms with Gasteiger partial charge in [0.1, 0.15) is 5.82 Å². The third kappa shape index (κ3) is 5.12. The number of rotatable bonds is 9. The summed E-state index contributed by atoms with van der Waals surface area (Å²) in [5.41, 5.74) is 0.619. The Labute approximate surface area is 163 Å². The molecule has 0 saturated carbocycles. The number of anilines is 1. The van der Waals surface area contributed by atoms with E-state index >= 15 is 0 Å². The molecule has 8 nitrogen and oxygen atoms in total. The number of esters is 1. The van der Waals surface area contributed by atoms with Crippen LogP contribution in [0.15, 0.2) is 30.5 Å². The predicted octanol–water partition coefficient (Wildman–Crippen LogP) is 3.32. The van der Waals surface area contributed by atoms with Gasteiger partial charge in [0.15, 0.2) is 11.5 Å². The van der Waals surface area contributed by atoms with E-state index in [1.807, 2.05) is 20.8 Å². The second kappa shape index (κ2) is 10.1. The molecule has 0 spiro atoms. The molecule has 1 heterocycles. The maximum atomic E-state index is 12.7. The van der Waals surface area contributed by atoms with E-state index in [0.717, 1.165) is 0 Å². The van der Waals surface area contributed by atoms with Gasteiger partial charge < -0.3 is 24.3 Å². The van der Waals surface area contributed by atoms with Gasteiger partial charge in [-0.2, -0.15) is 0 Å². The van der Waals surface area contributed by atoms with E-state index in [1.54, 1.807) is 12.1 Å². The second-order valence-electron chi connectivity index (χ2n) is 5.48. The van der Waals surface area contributed by atoms with Crippen LogP contribution in [0.3, 0.4) is 0 Å². The largest absolute Gasteiger partial charge is 0.490 e. The van der Waals surface area contributed by atoms with Crippen LogP contribution in [-0.2, 0) is 4.74 Å². The highest BCUT2D eigenvalue weighted by atomic mass is 16.5. The third-order valence-corrected chi connectivity index (χ3v) is 3.60. The molecule has 8 heteroatoms. The Hall–Kier alpha value is -3.29. The lowest BCUT2D eigenvalue weighted by Gasteiger charge is -2.17. The highest BCUT2D eigenvalue weighted by molar-refractivity contribution is 6.04. The first kappa shape index (κ1) is 21.0. The summed E-state index contributed by atoms with van der Waals surface area (Å²) in [4.78, 5) is 28.2. The average Bonchev–Trinajstić information content (AvgIpc) is 2.70. The molecular formula is C20H24N2O6. The standard InChI is InChI=1S/C20H24N2O6/c1-5-26-15-10-14(11-16(27-6-2)18(15)28-7-3)19(23)22-17-9-8-13(12-21-17)20(24)25-4/h8-12H,5-7H2,1-4H3,(H,21,22,23). The zero-order valence-electron chi connectivity index (χ0n) is 16.4. The molecule has 0 fully saturated rings. The molecule has 2 rings (SSSR count). The van der Waals surface area contributed by atoms with Crippen molar-refractivity contribution in [2.75, 3.05) is 32.2 Å². The smallest absolute Gasteiger partial charge is 0.339 e. The molecule has 2 aromatic rings. The van der Waals surface area contributed by atoms with Crippen LogP contribution in [0.1, 0.15) is 41.5 Å². The molecule has 0 saturated heterocycles. The van der Waals surface area contributed by atoms with E-state index in [4.69, 9.17) is 14.2 Å². The van der Waals surface area contributed by atoms with E-state index in [2.05, 4.69) is 15.0 Å². The van der Waals surface area contributed by atoms with Crippen LogP contribution >= 0.6 is 0 Å². The number of aromatic nitrogens is 1. The first-order chi connectivity index (χ1) is 13.5. The first-order valence-corrected chi connectivity index (χ1v) is 8.96. The Bertz CT molecular complexity index is 793. The van der Waals surface area contributed by atoms with E-state index < -0.39 is 11.9 Å². The maximum absolute atomic E-state index is 12.7. The second-order valence-corrected chi connectivity index (χ2v) is 5.48. The molecule has 1 N–H and O–H groups in total. The van der Waals surface area contributed by atoms with Gasteiger partial charge in [-0.1, -0.05) is 0 Å². The van der Waals surface area contributed by atoms with Gasteiger partial charge >= 0.3 is 5.97 Å². The summed E-state index contributed by atoms with van der Waals surface area (Å²) in [6, 6.07) is 6.22. The number of nitrogens with one attached hydrogen (secondary N) is 1. The fraction of sp³-hybridized carbons (Fsp3) is 0.350. The normalized spacial score (nSPS) is 10.1. The number of nitrogens with zero attached hydrogens (tertiary/aromatic N) is 1. The Kier molecular flexibility index (Phi) is 7.62. The minimum atomic E-state index is -0.500. The van der Waals surface area contributed by atoms with Crippen LogP contribution in [0.5, 0.6) is 17.2 Å². The number of amides is 1. The number of carbonyl (C=O) groups is 2. The van der Waals surface area contributed by atoms with Crippen molar-refractivity contribution in [1.82, 2.24) is 4.98 Å². The van der Waals surface area contributed by atoms with Gasteiger partial charge in [-0.3, -0.25) is 4.79 Å². The predicted molar refractivity (Wildman–Crippen MR) is 103 cm³/mol. The molecule has 0 unspecified atom stereocenters. The lowest BCUT2D eigenvalue weighted by atomic mass is 10.1. The molecule has 150 valence electrons. The highest BCUT2D eigenvalue weighted by Gasteiger charge is 2.19. The molecule has 1 amide bonds. The number of benzene rings is 1. The summed E-state index contributed by atoms with van der Waals surface area (Å²) in [7, 11) is 1.29. The Morgan fingerprint density at radius 1 is 0.929 bits per heavy atom. The van der Waals surface area contributed by atoms with Crippen molar-refractivity contribution in [3.05, 3.63) is 41.6 Å². The fourth-order valence-electron chi connectivity index (χ4n) is 2.41. The minimum Gasteiger partial charge on any atom is -0.490 e. The molecular weight excluding hydrogens is 364 g/mol. The number of ether oxygens (including phenoxy) is 4. The molecule has 0 aliphatic rings. The highest BCUT2D eigenvalue weighted by Crippen LogP contribution is 2.39. The van der Waals surface area contributed by atoms with Gasteiger partial charge in [0.05, 0.1) is 32.5 Å². The average molecular weight is 388 g/mol. The van der Waals surface area contributed by atoms with Crippen molar-refractivity contribution in [2.24, 2.45) is 0 Å². The van der Waals surface area contributed by atoms with Crippen molar-refractivity contribution in [3.8, 4) is 17.2 Å². The molecule has 0 aliphatic heterocycles. The van der Waals surface area contributed by atoms with Crippen molar-refractivity contribution in [1.29, 1.82) is 0 Å². The fourth-order valence-corrected chi connectivity index (χ4v) is 2.41. The van der Waals surface area contributed by atoms with Gasteiger partial charge in [-0.15, -0.1) is 0 Å². The Morgan fingerprint density at radius 2 is 1.54 bits per heavy atom. The van der Waals surface area contributed by atoms with Crippen molar-refractivity contribution >= 4 is 17.7 Å². The molecule has 0 bridgehead atoms. The summed E-state index contributed by atoms with van der Waals surface area (Å²) < 4.78 is 21.5. The Morgan fingerprint density at radius 3 is 2.00 bits per heavy atom. The molecule has 28 heavy (non-hydrogen) atoms. The summed E-state index contributed by atoms with van der Waals surface area (Å²) in [5.74, 6) is 0.706. The minimum absolute atomic E-state index is 0.291. The van der Waals surface area contributed by atoms with Crippen molar-refractivity contribution in [3.63, 3.8) is 0 Å². The number of pyridine rings is 1. The number of carbonyl (C=O) groups excluding carboxylic acids is 2. The van der Waals surface area contributed by atoms with Crippen LogP contribution in [0.25, 0.3) is 0 Å². The van der Waals surface area contributed by atoms with Crippen LogP contribution in [0.4, 0.5) is 5.82 Å². The quantitative estimate of drug-likeness (QED) is 0.658. The molecule has 0 radical (unpaired) electrons. The lowest BCUT2D eigenvalue weighted by molar-refractivity contribution is 0.0600. The van der Waals surface area contributed by atoms with Crippen LogP contribution in [-0.4, -0.2) is 43.8 Å². The van der Waals surface area contributed by atoms with Gasteiger partial charge in [-0.25, -0.2) is 9.78 Å². The number of hydrogen-bond acceptors (Lipinski definition) is 7. The van der Waals surface area contributed by atoms with Gasteiger partial charge in [0, 0.05) is 11.8 Å². The van der Waals surface area contributed by atoms with Crippen LogP contribution in [0, 0.1) is 0 Å². The zero-order valence-corrected chi connectivity index (χ0v) is 16.4. The van der Waals surface area contributed by atoms with Crippen LogP contribution in [0.2, 0.25) is 0 Å². The Balaban J connectivity index is 2.29. The zero-order chi connectivity index (χ0) is 20.5. The summed E-state index contributed by atoms with van der Waals surface area (Å²) >= 11 is 0. The first-order valence-electron chi connectivity index (χ1n) is 8.96. The summed E-state index contributed by atoms with van der Waals surface area (Å²) in [5, 5.41) is 2.68. The molecule has 0 aliphatic carbocycles. The van der Waals surface area contributed by atoms with Gasteiger partial charge in [-0.05, 0) is 45.0 Å². The van der Waals surface area contributed by atoms with E-state index in [0.29, 0.717) is 54.0 Å². The number of hydrogen-bond donors (Lipinski definition) is 1. The number of methoxy groups -OCH3 is 1. The van der Waals surface area contributed by atoms with Crippen molar-refractivity contribution < 1.29 is 28.5 Å². The van der Waals surface area contributed by atoms with Gasteiger partial charge in [0.2, 0.25) is 5.75 Å².